The highest BCUT2D eigenvalue weighted by atomic mass is 35.5. The summed E-state index contributed by atoms with van der Waals surface area (Å²) in [5.41, 5.74) is 7.65. The fourth-order valence-electron chi connectivity index (χ4n) is 2.31. The summed E-state index contributed by atoms with van der Waals surface area (Å²) in [5, 5.41) is 1.14. The van der Waals surface area contributed by atoms with Gasteiger partial charge in [0.25, 0.3) is 0 Å². The minimum absolute atomic E-state index is 0.0648. The van der Waals surface area contributed by atoms with Gasteiger partial charge in [-0.25, -0.2) is 4.39 Å². The number of benzene rings is 2. The van der Waals surface area contributed by atoms with Crippen LogP contribution in [0.25, 0.3) is 10.9 Å². The molecule has 0 saturated carbocycles. The molecule has 0 atom stereocenters. The smallest absolute Gasteiger partial charge is 0.189 e. The van der Waals surface area contributed by atoms with E-state index in [-0.39, 0.29) is 11.2 Å². The lowest BCUT2D eigenvalue weighted by Gasteiger charge is -2.12. The minimum atomic E-state index is -0.371. The highest BCUT2D eigenvalue weighted by molar-refractivity contribution is 6.31. The highest BCUT2D eigenvalue weighted by Gasteiger charge is 2.06. The molecule has 0 unspecified atom stereocenters. The molecule has 3 nitrogen and oxygen atoms in total. The fraction of sp³-hybridized carbons (Fsp3) is 0.0625. The Morgan fingerprint density at radius 3 is 2.71 bits per heavy atom. The molecule has 21 heavy (non-hydrogen) atoms. The minimum Gasteiger partial charge on any atom is -0.398 e. The zero-order valence-electron chi connectivity index (χ0n) is 11.0. The molecule has 0 radical (unpaired) electrons. The number of aromatic nitrogens is 1. The van der Waals surface area contributed by atoms with E-state index in [0.29, 0.717) is 22.6 Å². The second kappa shape index (κ2) is 5.22. The SMILES string of the molecule is Nc1cc(F)ccc1Cn1ccc(=O)c2ccc(Cl)cc21. The van der Waals surface area contributed by atoms with Crippen LogP contribution in [0.3, 0.4) is 0 Å². The lowest BCUT2D eigenvalue weighted by atomic mass is 10.1. The number of halogens is 2. The normalized spacial score (nSPS) is 11.0. The first-order chi connectivity index (χ1) is 10.0. The molecule has 0 amide bonds. The second-order valence-electron chi connectivity index (χ2n) is 4.81. The number of pyridine rings is 1. The third-order valence-corrected chi connectivity index (χ3v) is 3.62. The van der Waals surface area contributed by atoms with E-state index in [1.807, 2.05) is 4.57 Å². The maximum absolute atomic E-state index is 13.1. The predicted molar refractivity (Wildman–Crippen MR) is 83.1 cm³/mol. The van der Waals surface area contributed by atoms with Gasteiger partial charge >= 0.3 is 0 Å². The number of fused-ring (bicyclic) bond motifs is 1. The summed E-state index contributed by atoms with van der Waals surface area (Å²) in [5.74, 6) is -0.371. The molecule has 5 heteroatoms. The molecule has 106 valence electrons. The third kappa shape index (κ3) is 2.62. The van der Waals surface area contributed by atoms with Gasteiger partial charge in [-0.3, -0.25) is 4.79 Å². The molecular formula is C16H12ClFN2O. The Balaban J connectivity index is 2.14. The largest absolute Gasteiger partial charge is 0.398 e. The first kappa shape index (κ1) is 13.6. The quantitative estimate of drug-likeness (QED) is 0.737. The van der Waals surface area contributed by atoms with Crippen LogP contribution in [0.1, 0.15) is 5.56 Å². The van der Waals surface area contributed by atoms with Crippen molar-refractivity contribution in [3.8, 4) is 0 Å². The van der Waals surface area contributed by atoms with Gasteiger partial charge in [0.05, 0.1) is 5.52 Å². The molecular weight excluding hydrogens is 291 g/mol. The van der Waals surface area contributed by atoms with Crippen molar-refractivity contribution in [3.63, 3.8) is 0 Å². The molecule has 0 aliphatic heterocycles. The van der Waals surface area contributed by atoms with E-state index in [0.717, 1.165) is 11.1 Å². The summed E-state index contributed by atoms with van der Waals surface area (Å²) >= 11 is 6.01. The van der Waals surface area contributed by atoms with Crippen molar-refractivity contribution >= 4 is 28.2 Å². The van der Waals surface area contributed by atoms with Crippen molar-refractivity contribution < 1.29 is 4.39 Å². The number of rotatable bonds is 2. The summed E-state index contributed by atoms with van der Waals surface area (Å²) < 4.78 is 15.0. The van der Waals surface area contributed by atoms with E-state index in [4.69, 9.17) is 17.3 Å². The van der Waals surface area contributed by atoms with Gasteiger partial charge in [-0.15, -0.1) is 0 Å². The van der Waals surface area contributed by atoms with Crippen molar-refractivity contribution in [2.24, 2.45) is 0 Å². The van der Waals surface area contributed by atoms with E-state index >= 15 is 0 Å². The lowest BCUT2D eigenvalue weighted by Crippen LogP contribution is -2.10. The monoisotopic (exact) mass is 302 g/mol. The molecule has 0 bridgehead atoms. The van der Waals surface area contributed by atoms with Gasteiger partial charge < -0.3 is 10.3 Å². The van der Waals surface area contributed by atoms with E-state index in [1.165, 1.54) is 18.2 Å². The van der Waals surface area contributed by atoms with Crippen LogP contribution >= 0.6 is 11.6 Å². The van der Waals surface area contributed by atoms with Crippen molar-refractivity contribution in [1.82, 2.24) is 4.57 Å². The van der Waals surface area contributed by atoms with Gasteiger partial charge in [-0.05, 0) is 35.9 Å². The van der Waals surface area contributed by atoms with Gasteiger partial charge in [0, 0.05) is 34.9 Å². The van der Waals surface area contributed by atoms with Crippen molar-refractivity contribution in [3.05, 3.63) is 75.3 Å². The predicted octanol–water partition coefficient (Wildman–Crippen LogP) is 3.42. The van der Waals surface area contributed by atoms with Crippen LogP contribution < -0.4 is 11.2 Å². The summed E-state index contributed by atoms with van der Waals surface area (Å²) in [4.78, 5) is 11.9. The number of hydrogen-bond donors (Lipinski definition) is 1. The highest BCUT2D eigenvalue weighted by Crippen LogP contribution is 2.20. The number of nitrogen functional groups attached to an aromatic ring is 1. The summed E-state index contributed by atoms with van der Waals surface area (Å²) in [6, 6.07) is 10.9. The zero-order chi connectivity index (χ0) is 15.0. The van der Waals surface area contributed by atoms with Crippen LogP contribution in [0.4, 0.5) is 10.1 Å². The lowest BCUT2D eigenvalue weighted by molar-refractivity contribution is 0.627. The summed E-state index contributed by atoms with van der Waals surface area (Å²) in [6.07, 6.45) is 1.68. The maximum Gasteiger partial charge on any atom is 0.189 e. The van der Waals surface area contributed by atoms with Gasteiger partial charge in [0.2, 0.25) is 0 Å². The average molecular weight is 303 g/mol. The van der Waals surface area contributed by atoms with Crippen LogP contribution in [0.5, 0.6) is 0 Å². The van der Waals surface area contributed by atoms with E-state index in [9.17, 15) is 9.18 Å². The van der Waals surface area contributed by atoms with Crippen LogP contribution in [-0.2, 0) is 6.54 Å². The molecule has 0 spiro atoms. The van der Waals surface area contributed by atoms with Crippen LogP contribution in [0.2, 0.25) is 5.02 Å². The van der Waals surface area contributed by atoms with E-state index in [2.05, 4.69) is 0 Å². The Morgan fingerprint density at radius 2 is 1.95 bits per heavy atom. The molecule has 3 aromatic rings. The van der Waals surface area contributed by atoms with Crippen molar-refractivity contribution in [1.29, 1.82) is 0 Å². The first-order valence-electron chi connectivity index (χ1n) is 6.37. The maximum atomic E-state index is 13.1. The summed E-state index contributed by atoms with van der Waals surface area (Å²) in [7, 11) is 0. The number of anilines is 1. The Morgan fingerprint density at radius 1 is 1.14 bits per heavy atom. The van der Waals surface area contributed by atoms with Crippen molar-refractivity contribution in [2.45, 2.75) is 6.54 Å². The van der Waals surface area contributed by atoms with Gasteiger partial charge in [-0.2, -0.15) is 0 Å². The molecule has 0 fully saturated rings. The molecule has 2 aromatic carbocycles. The molecule has 3 rings (SSSR count). The Labute approximate surface area is 125 Å². The topological polar surface area (TPSA) is 48.0 Å². The molecule has 0 saturated heterocycles. The van der Waals surface area contributed by atoms with Gasteiger partial charge in [0.15, 0.2) is 5.43 Å². The van der Waals surface area contributed by atoms with Crippen LogP contribution in [0, 0.1) is 5.82 Å². The van der Waals surface area contributed by atoms with Gasteiger partial charge in [0.1, 0.15) is 5.82 Å². The average Bonchev–Trinajstić information content (AvgIpc) is 2.44. The van der Waals surface area contributed by atoms with E-state index in [1.54, 1.807) is 30.5 Å². The number of hydrogen-bond acceptors (Lipinski definition) is 2. The fourth-order valence-corrected chi connectivity index (χ4v) is 2.48. The number of nitrogens with zero attached hydrogens (tertiary/aromatic N) is 1. The Hall–Kier alpha value is -2.33. The zero-order valence-corrected chi connectivity index (χ0v) is 11.8. The molecule has 0 aliphatic carbocycles. The third-order valence-electron chi connectivity index (χ3n) is 3.39. The van der Waals surface area contributed by atoms with Crippen molar-refractivity contribution in [2.75, 3.05) is 5.73 Å². The molecule has 1 heterocycles. The van der Waals surface area contributed by atoms with Crippen LogP contribution in [-0.4, -0.2) is 4.57 Å². The molecule has 0 aliphatic rings. The van der Waals surface area contributed by atoms with Gasteiger partial charge in [-0.1, -0.05) is 17.7 Å². The molecule has 2 N–H and O–H groups in total. The van der Waals surface area contributed by atoms with E-state index < -0.39 is 0 Å². The van der Waals surface area contributed by atoms with Crippen LogP contribution in [0.15, 0.2) is 53.5 Å². The second-order valence-corrected chi connectivity index (χ2v) is 5.25. The number of nitrogens with two attached hydrogens (primary N) is 1. The first-order valence-corrected chi connectivity index (χ1v) is 6.75. The Bertz CT molecular complexity index is 889. The Kier molecular flexibility index (Phi) is 3.39. The summed E-state index contributed by atoms with van der Waals surface area (Å²) in [6.45, 7) is 0.434. The molecule has 1 aromatic heterocycles. The standard InChI is InChI=1S/C16H12ClFN2O/c17-11-2-4-13-15(7-11)20(6-5-16(13)21)9-10-1-3-12(18)8-14(10)19/h1-8H,9,19H2.